The van der Waals surface area contributed by atoms with Gasteiger partial charge in [0.2, 0.25) is 5.91 Å². The monoisotopic (exact) mass is 416 g/mol. The van der Waals surface area contributed by atoms with Crippen molar-refractivity contribution in [2.45, 2.75) is 52.5 Å². The van der Waals surface area contributed by atoms with Gasteiger partial charge in [0.1, 0.15) is 5.82 Å². The van der Waals surface area contributed by atoms with Crippen LogP contribution in [0.3, 0.4) is 0 Å². The molecular formula is C24H30ClFN2O. The van der Waals surface area contributed by atoms with Crippen molar-refractivity contribution in [2.24, 2.45) is 5.92 Å². The van der Waals surface area contributed by atoms with Crippen molar-refractivity contribution in [2.75, 3.05) is 18.0 Å². The van der Waals surface area contributed by atoms with Gasteiger partial charge in [-0.2, -0.15) is 0 Å². The highest BCUT2D eigenvalue weighted by molar-refractivity contribution is 6.30. The molecule has 3 rings (SSSR count). The first-order valence-electron chi connectivity index (χ1n) is 10.6. The lowest BCUT2D eigenvalue weighted by Gasteiger charge is -2.28. The molecule has 0 radical (unpaired) electrons. The molecule has 1 aliphatic heterocycles. The van der Waals surface area contributed by atoms with Crippen LogP contribution in [0.2, 0.25) is 5.02 Å². The van der Waals surface area contributed by atoms with E-state index >= 15 is 0 Å². The van der Waals surface area contributed by atoms with Crippen LogP contribution in [0.25, 0.3) is 11.1 Å². The van der Waals surface area contributed by atoms with Crippen LogP contribution in [0.4, 0.5) is 10.1 Å². The Balaban J connectivity index is 2.01. The summed E-state index contributed by atoms with van der Waals surface area (Å²) in [6.45, 7) is 6.26. The van der Waals surface area contributed by atoms with Crippen molar-refractivity contribution in [1.82, 2.24) is 5.32 Å². The molecule has 0 saturated heterocycles. The topological polar surface area (TPSA) is 32.3 Å². The summed E-state index contributed by atoms with van der Waals surface area (Å²) in [4.78, 5) is 14.9. The van der Waals surface area contributed by atoms with Crippen LogP contribution in [-0.2, 0) is 11.3 Å². The van der Waals surface area contributed by atoms with Crippen LogP contribution >= 0.6 is 11.6 Å². The second-order valence-corrected chi connectivity index (χ2v) is 8.47. The van der Waals surface area contributed by atoms with Crippen LogP contribution in [0, 0.1) is 11.7 Å². The van der Waals surface area contributed by atoms with Gasteiger partial charge in [0.05, 0.1) is 5.02 Å². The summed E-state index contributed by atoms with van der Waals surface area (Å²) in [6.07, 6.45) is 5.72. The molecule has 0 unspecified atom stereocenters. The predicted octanol–water partition coefficient (Wildman–Crippen LogP) is 6.19. The molecular weight excluding hydrogens is 387 g/mol. The van der Waals surface area contributed by atoms with Gasteiger partial charge >= 0.3 is 0 Å². The number of nitrogens with one attached hydrogen (secondary N) is 1. The van der Waals surface area contributed by atoms with E-state index in [-0.39, 0.29) is 16.8 Å². The zero-order valence-electron chi connectivity index (χ0n) is 17.3. The van der Waals surface area contributed by atoms with Crippen LogP contribution in [0.15, 0.2) is 36.4 Å². The largest absolute Gasteiger partial charge is 0.313 e. The molecule has 0 aromatic heterocycles. The number of amides is 1. The number of anilines is 1. The number of carbonyl (C=O) groups is 1. The minimum atomic E-state index is -0.424. The lowest BCUT2D eigenvalue weighted by Crippen LogP contribution is -2.36. The number of hydrogen-bond acceptors (Lipinski definition) is 2. The highest BCUT2D eigenvalue weighted by Crippen LogP contribution is 2.31. The third-order valence-electron chi connectivity index (χ3n) is 5.43. The molecule has 5 heteroatoms. The number of rotatable bonds is 2. The van der Waals surface area contributed by atoms with Gasteiger partial charge in [-0.3, -0.25) is 4.79 Å². The van der Waals surface area contributed by atoms with E-state index in [1.54, 1.807) is 6.07 Å². The van der Waals surface area contributed by atoms with Gasteiger partial charge in [-0.25, -0.2) is 4.39 Å². The standard InChI is InChI=1S/C24H30ClFN2O/c1-17(2)24(29)28-13-7-5-3-4-6-12-27-16-20-14-18(9-11-23(20)28)19-8-10-21(25)22(26)15-19/h8-11,14-15,17,27H,3-7,12-13,16H2,1-2H3. The summed E-state index contributed by atoms with van der Waals surface area (Å²) < 4.78 is 14.0. The first-order chi connectivity index (χ1) is 14.0. The summed E-state index contributed by atoms with van der Waals surface area (Å²) in [7, 11) is 0. The van der Waals surface area contributed by atoms with Gasteiger partial charge in [-0.15, -0.1) is 0 Å². The van der Waals surface area contributed by atoms with Gasteiger partial charge < -0.3 is 10.2 Å². The van der Waals surface area contributed by atoms with E-state index in [1.807, 2.05) is 36.9 Å². The second kappa shape index (κ2) is 10.2. The second-order valence-electron chi connectivity index (χ2n) is 8.06. The summed E-state index contributed by atoms with van der Waals surface area (Å²) in [5, 5.41) is 3.63. The minimum Gasteiger partial charge on any atom is -0.313 e. The van der Waals surface area contributed by atoms with E-state index in [4.69, 9.17) is 11.6 Å². The third-order valence-corrected chi connectivity index (χ3v) is 5.74. The van der Waals surface area contributed by atoms with Gasteiger partial charge in [0, 0.05) is 24.7 Å². The van der Waals surface area contributed by atoms with E-state index in [2.05, 4.69) is 11.4 Å². The van der Waals surface area contributed by atoms with E-state index in [9.17, 15) is 9.18 Å². The molecule has 2 aromatic carbocycles. The van der Waals surface area contributed by atoms with Gasteiger partial charge in [-0.1, -0.05) is 56.8 Å². The van der Waals surface area contributed by atoms with Crippen LogP contribution in [-0.4, -0.2) is 19.0 Å². The maximum absolute atomic E-state index is 14.0. The van der Waals surface area contributed by atoms with Gasteiger partial charge in [-0.05, 0) is 60.3 Å². The molecule has 1 amide bonds. The van der Waals surface area contributed by atoms with Crippen molar-refractivity contribution >= 4 is 23.2 Å². The highest BCUT2D eigenvalue weighted by Gasteiger charge is 2.21. The Morgan fingerprint density at radius 1 is 1.03 bits per heavy atom. The van der Waals surface area contributed by atoms with Crippen LogP contribution in [0.5, 0.6) is 0 Å². The fourth-order valence-corrected chi connectivity index (χ4v) is 3.90. The van der Waals surface area contributed by atoms with E-state index in [1.165, 1.54) is 18.9 Å². The first kappa shape index (κ1) is 21.8. The number of halogens is 2. The van der Waals surface area contributed by atoms with E-state index in [0.29, 0.717) is 6.54 Å². The summed E-state index contributed by atoms with van der Waals surface area (Å²) >= 11 is 5.84. The molecule has 1 aliphatic rings. The zero-order valence-corrected chi connectivity index (χ0v) is 18.1. The number of hydrogen-bond donors (Lipinski definition) is 1. The third kappa shape index (κ3) is 5.58. The molecule has 156 valence electrons. The molecule has 0 aliphatic carbocycles. The average molecular weight is 417 g/mol. The Kier molecular flexibility index (Phi) is 7.68. The number of fused-ring (bicyclic) bond motifs is 1. The quantitative estimate of drug-likeness (QED) is 0.633. The lowest BCUT2D eigenvalue weighted by molar-refractivity contribution is -0.121. The first-order valence-corrected chi connectivity index (χ1v) is 11.0. The van der Waals surface area contributed by atoms with Crippen molar-refractivity contribution in [3.63, 3.8) is 0 Å². The number of nitrogens with zero attached hydrogens (tertiary/aromatic N) is 1. The van der Waals surface area contributed by atoms with Gasteiger partial charge in [0.15, 0.2) is 0 Å². The molecule has 0 atom stereocenters. The summed E-state index contributed by atoms with van der Waals surface area (Å²) in [6, 6.07) is 10.9. The molecule has 1 N–H and O–H groups in total. The zero-order chi connectivity index (χ0) is 20.8. The molecule has 0 fully saturated rings. The predicted molar refractivity (Wildman–Crippen MR) is 119 cm³/mol. The Morgan fingerprint density at radius 2 is 1.72 bits per heavy atom. The Hall–Kier alpha value is -1.91. The minimum absolute atomic E-state index is 0.0613. The molecule has 0 bridgehead atoms. The molecule has 0 spiro atoms. The summed E-state index contributed by atoms with van der Waals surface area (Å²) in [5.41, 5.74) is 3.72. The highest BCUT2D eigenvalue weighted by atomic mass is 35.5. The van der Waals surface area contributed by atoms with Crippen molar-refractivity contribution < 1.29 is 9.18 Å². The van der Waals surface area contributed by atoms with Crippen molar-refractivity contribution in [3.05, 3.63) is 52.8 Å². The molecule has 2 aromatic rings. The smallest absolute Gasteiger partial charge is 0.229 e. The normalized spacial score (nSPS) is 16.1. The fraction of sp³-hybridized carbons (Fsp3) is 0.458. The fourth-order valence-electron chi connectivity index (χ4n) is 3.78. The number of benzene rings is 2. The molecule has 0 saturated carbocycles. The molecule has 1 heterocycles. The van der Waals surface area contributed by atoms with E-state index in [0.717, 1.165) is 54.7 Å². The van der Waals surface area contributed by atoms with Crippen molar-refractivity contribution in [1.29, 1.82) is 0 Å². The molecule has 3 nitrogen and oxygen atoms in total. The van der Waals surface area contributed by atoms with E-state index < -0.39 is 5.82 Å². The Labute approximate surface area is 178 Å². The Bertz CT molecular complexity index is 853. The SMILES string of the molecule is CC(C)C(=O)N1CCCCCCCNCc2cc(-c3ccc(Cl)c(F)c3)ccc21. The van der Waals surface area contributed by atoms with Crippen molar-refractivity contribution in [3.8, 4) is 11.1 Å². The van der Waals surface area contributed by atoms with Gasteiger partial charge in [0.25, 0.3) is 0 Å². The average Bonchev–Trinajstić information content (AvgIpc) is 2.70. The summed E-state index contributed by atoms with van der Waals surface area (Å²) in [5.74, 6) is -0.339. The maximum atomic E-state index is 14.0. The van der Waals surface area contributed by atoms with Crippen LogP contribution in [0.1, 0.15) is 51.5 Å². The molecule has 29 heavy (non-hydrogen) atoms. The maximum Gasteiger partial charge on any atom is 0.229 e. The van der Waals surface area contributed by atoms with Crippen LogP contribution < -0.4 is 10.2 Å². The lowest BCUT2D eigenvalue weighted by atomic mass is 9.99. The Morgan fingerprint density at radius 3 is 2.48 bits per heavy atom. The number of carbonyl (C=O) groups excluding carboxylic acids is 1.